The van der Waals surface area contributed by atoms with Gasteiger partial charge in [-0.1, -0.05) is 13.8 Å². The lowest BCUT2D eigenvalue weighted by Crippen LogP contribution is -2.17. The first-order valence-electron chi connectivity index (χ1n) is 10.7. The number of carbonyl (C=O) groups excluding carboxylic acids is 1. The van der Waals surface area contributed by atoms with Crippen molar-refractivity contribution < 1.29 is 9.90 Å². The fourth-order valence-corrected chi connectivity index (χ4v) is 3.67. The highest BCUT2D eigenvalue weighted by Crippen LogP contribution is 2.29. The average molecular weight is 425 g/mol. The van der Waals surface area contributed by atoms with Gasteiger partial charge in [0.25, 0.3) is 0 Å². The number of rotatable bonds is 6. The predicted octanol–water partition coefficient (Wildman–Crippen LogP) is 3.03. The topological polar surface area (TPSA) is 99.9 Å². The number of pyridine rings is 1. The molecule has 31 heavy (non-hydrogen) atoms. The van der Waals surface area contributed by atoms with Gasteiger partial charge in [-0.3, -0.25) is 19.6 Å². The Labute approximate surface area is 183 Å². The third-order valence-corrected chi connectivity index (χ3v) is 5.37. The molecule has 1 amide bonds. The Morgan fingerprint density at radius 2 is 2.06 bits per heavy atom. The van der Waals surface area contributed by atoms with E-state index in [0.29, 0.717) is 18.4 Å². The van der Waals surface area contributed by atoms with Gasteiger partial charge in [0, 0.05) is 47.8 Å². The van der Waals surface area contributed by atoms with E-state index in [1.807, 2.05) is 26.1 Å². The van der Waals surface area contributed by atoms with Crippen LogP contribution < -0.4 is 0 Å². The molecule has 0 radical (unpaired) electrons. The number of nitrogens with one attached hydrogen (secondary N) is 1. The van der Waals surface area contributed by atoms with Crippen molar-refractivity contribution in [2.24, 2.45) is 0 Å². The van der Waals surface area contributed by atoms with Crippen molar-refractivity contribution in [1.29, 1.82) is 0 Å². The third kappa shape index (κ3) is 6.01. The van der Waals surface area contributed by atoms with E-state index in [1.165, 1.54) is 0 Å². The minimum atomic E-state index is 0.0747. The predicted molar refractivity (Wildman–Crippen MR) is 120 cm³/mol. The van der Waals surface area contributed by atoms with Crippen molar-refractivity contribution in [3.05, 3.63) is 53.4 Å². The number of aryl methyl sites for hydroxylation is 2. The van der Waals surface area contributed by atoms with E-state index in [0.717, 1.165) is 59.8 Å². The number of aromatic nitrogens is 5. The van der Waals surface area contributed by atoms with Crippen LogP contribution in [0.3, 0.4) is 0 Å². The zero-order valence-corrected chi connectivity index (χ0v) is 18.7. The molecule has 0 bridgehead atoms. The summed E-state index contributed by atoms with van der Waals surface area (Å²) >= 11 is 0. The number of likely N-dealkylation sites (tertiary alicyclic amines) is 1. The maximum Gasteiger partial charge on any atom is 0.209 e. The number of hydrogen-bond acceptors (Lipinski definition) is 5. The largest absolute Gasteiger partial charge is 0.394 e. The number of aliphatic hydroxyl groups excluding tert-OH is 1. The molecule has 3 aromatic rings. The molecule has 166 valence electrons. The summed E-state index contributed by atoms with van der Waals surface area (Å²) in [6.07, 6.45) is 5.61. The molecule has 1 aliphatic rings. The van der Waals surface area contributed by atoms with Crippen LogP contribution in [0, 0.1) is 13.8 Å². The maximum absolute atomic E-state index is 10.9. The summed E-state index contributed by atoms with van der Waals surface area (Å²) in [5.74, 6) is 0.839. The Kier molecular flexibility index (Phi) is 7.57. The standard InChI is InChI=1S/C16H20N4O2.C7H12N2/c1-12-6-14(15-8-17-20(10-15)4-5-21)7-16(18-12)13-2-3-19(9-13)11-22;1-5(2)7-4-6(3)8-9-7/h6-8,10-11,13,21H,2-5,9H2,1H3;4-5H,1-3H3,(H,8,9). The van der Waals surface area contributed by atoms with Crippen LogP contribution >= 0.6 is 0 Å². The van der Waals surface area contributed by atoms with Gasteiger partial charge in [0.2, 0.25) is 6.41 Å². The monoisotopic (exact) mass is 424 g/mol. The minimum absolute atomic E-state index is 0.0747. The van der Waals surface area contributed by atoms with Crippen LogP contribution in [0.5, 0.6) is 0 Å². The van der Waals surface area contributed by atoms with Crippen LogP contribution in [0.2, 0.25) is 0 Å². The van der Waals surface area contributed by atoms with Crippen molar-refractivity contribution in [2.75, 3.05) is 19.7 Å². The number of carbonyl (C=O) groups is 1. The van der Waals surface area contributed by atoms with Gasteiger partial charge in [0.05, 0.1) is 25.0 Å². The molecule has 4 heterocycles. The van der Waals surface area contributed by atoms with Gasteiger partial charge in [-0.05, 0) is 49.9 Å². The summed E-state index contributed by atoms with van der Waals surface area (Å²) in [6, 6.07) is 6.20. The smallest absolute Gasteiger partial charge is 0.209 e. The second-order valence-corrected chi connectivity index (χ2v) is 8.35. The van der Waals surface area contributed by atoms with E-state index < -0.39 is 0 Å². The van der Waals surface area contributed by atoms with Gasteiger partial charge < -0.3 is 10.0 Å². The second-order valence-electron chi connectivity index (χ2n) is 8.35. The Morgan fingerprint density at radius 3 is 2.65 bits per heavy atom. The van der Waals surface area contributed by atoms with Crippen LogP contribution in [0.25, 0.3) is 11.1 Å². The molecular formula is C23H32N6O2. The summed E-state index contributed by atoms with van der Waals surface area (Å²) < 4.78 is 1.73. The van der Waals surface area contributed by atoms with Crippen molar-refractivity contribution in [3.8, 4) is 11.1 Å². The first kappa shape index (κ1) is 22.7. The number of aliphatic hydroxyl groups is 1. The Hall–Kier alpha value is -3.00. The molecule has 1 saturated heterocycles. The van der Waals surface area contributed by atoms with Gasteiger partial charge in [-0.2, -0.15) is 10.2 Å². The van der Waals surface area contributed by atoms with E-state index >= 15 is 0 Å². The third-order valence-electron chi connectivity index (χ3n) is 5.37. The van der Waals surface area contributed by atoms with Crippen molar-refractivity contribution in [1.82, 2.24) is 29.9 Å². The maximum atomic E-state index is 10.9. The van der Waals surface area contributed by atoms with Crippen LogP contribution in [-0.4, -0.2) is 61.1 Å². The number of nitrogens with zero attached hydrogens (tertiary/aromatic N) is 5. The molecule has 4 rings (SSSR count). The molecule has 0 aromatic carbocycles. The van der Waals surface area contributed by atoms with Crippen LogP contribution in [0.15, 0.2) is 30.6 Å². The molecule has 8 nitrogen and oxygen atoms in total. The lowest BCUT2D eigenvalue weighted by atomic mass is 10.00. The first-order valence-corrected chi connectivity index (χ1v) is 10.7. The summed E-state index contributed by atoms with van der Waals surface area (Å²) in [5.41, 5.74) is 6.38. The van der Waals surface area contributed by atoms with Gasteiger partial charge in [0.15, 0.2) is 0 Å². The van der Waals surface area contributed by atoms with E-state index in [1.54, 1.807) is 15.8 Å². The summed E-state index contributed by atoms with van der Waals surface area (Å²) in [6.45, 7) is 10.4. The lowest BCUT2D eigenvalue weighted by molar-refractivity contribution is -0.117. The van der Waals surface area contributed by atoms with E-state index in [4.69, 9.17) is 5.11 Å². The summed E-state index contributed by atoms with van der Waals surface area (Å²) in [5, 5.41) is 20.2. The molecule has 1 atom stereocenters. The lowest BCUT2D eigenvalue weighted by Gasteiger charge is -2.12. The van der Waals surface area contributed by atoms with Gasteiger partial charge in [0.1, 0.15) is 0 Å². The number of hydrogen-bond donors (Lipinski definition) is 2. The van der Waals surface area contributed by atoms with Crippen molar-refractivity contribution in [3.63, 3.8) is 0 Å². The molecule has 3 aromatic heterocycles. The average Bonchev–Trinajstić information content (AvgIpc) is 3.49. The zero-order valence-electron chi connectivity index (χ0n) is 18.7. The Balaban J connectivity index is 0.000000254. The van der Waals surface area contributed by atoms with Gasteiger partial charge in [-0.25, -0.2) is 0 Å². The molecule has 8 heteroatoms. The van der Waals surface area contributed by atoms with E-state index in [9.17, 15) is 4.79 Å². The molecule has 0 saturated carbocycles. The highest BCUT2D eigenvalue weighted by Gasteiger charge is 2.24. The highest BCUT2D eigenvalue weighted by molar-refractivity contribution is 5.62. The Morgan fingerprint density at radius 1 is 1.26 bits per heavy atom. The molecule has 1 fully saturated rings. The summed E-state index contributed by atoms with van der Waals surface area (Å²) in [4.78, 5) is 17.3. The normalized spacial score (nSPS) is 15.8. The number of aromatic amines is 1. The molecule has 2 N–H and O–H groups in total. The zero-order chi connectivity index (χ0) is 22.4. The molecule has 1 unspecified atom stereocenters. The second kappa shape index (κ2) is 10.3. The van der Waals surface area contributed by atoms with Crippen molar-refractivity contribution >= 4 is 6.41 Å². The number of amides is 1. The summed E-state index contributed by atoms with van der Waals surface area (Å²) in [7, 11) is 0. The van der Waals surface area contributed by atoms with Crippen molar-refractivity contribution in [2.45, 2.75) is 52.5 Å². The fourth-order valence-electron chi connectivity index (χ4n) is 3.67. The van der Waals surface area contributed by atoms with E-state index in [2.05, 4.69) is 46.3 Å². The first-order chi connectivity index (χ1) is 14.9. The van der Waals surface area contributed by atoms with Gasteiger partial charge in [-0.15, -0.1) is 0 Å². The minimum Gasteiger partial charge on any atom is -0.394 e. The molecular weight excluding hydrogens is 392 g/mol. The molecule has 0 spiro atoms. The van der Waals surface area contributed by atoms with Crippen LogP contribution in [0.4, 0.5) is 0 Å². The van der Waals surface area contributed by atoms with Crippen LogP contribution in [-0.2, 0) is 11.3 Å². The highest BCUT2D eigenvalue weighted by atomic mass is 16.3. The van der Waals surface area contributed by atoms with Gasteiger partial charge >= 0.3 is 0 Å². The molecule has 0 aliphatic carbocycles. The Bertz CT molecular complexity index is 994. The fraction of sp³-hybridized carbons (Fsp3) is 0.478. The van der Waals surface area contributed by atoms with E-state index in [-0.39, 0.29) is 6.61 Å². The molecule has 1 aliphatic heterocycles. The SMILES string of the molecule is Cc1cc(-c2cnn(CCO)c2)cc(C2CCN(C=O)C2)n1.Cc1cc(C(C)C)n[nH]1. The number of H-pyrrole nitrogens is 1. The quantitative estimate of drug-likeness (QED) is 0.593. The van der Waals surface area contributed by atoms with Crippen LogP contribution in [0.1, 0.15) is 54.9 Å².